The molecule has 1 aromatic rings. The van der Waals surface area contributed by atoms with Crippen molar-refractivity contribution in [2.45, 2.75) is 0 Å². The third kappa shape index (κ3) is 2.67. The van der Waals surface area contributed by atoms with Crippen molar-refractivity contribution < 1.29 is 9.85 Å². The molecule has 6 nitrogen and oxygen atoms in total. The third-order valence-electron chi connectivity index (χ3n) is 1.28. The highest BCUT2D eigenvalue weighted by atomic mass is 16.6. The van der Waals surface area contributed by atoms with Crippen molar-refractivity contribution in [2.75, 3.05) is 0 Å². The van der Waals surface area contributed by atoms with Gasteiger partial charge in [-0.15, -0.1) is 13.2 Å². The van der Waals surface area contributed by atoms with Gasteiger partial charge in [-0.3, -0.25) is 20.2 Å². The molecule has 74 valence electrons. The number of nitrogens with zero attached hydrogens (tertiary/aromatic N) is 2. The van der Waals surface area contributed by atoms with Crippen LogP contribution >= 0.6 is 0 Å². The van der Waals surface area contributed by atoms with E-state index in [1.807, 2.05) is 0 Å². The van der Waals surface area contributed by atoms with Crippen LogP contribution in [0.5, 0.6) is 0 Å². The van der Waals surface area contributed by atoms with Crippen LogP contribution in [0, 0.1) is 20.2 Å². The topological polar surface area (TPSA) is 86.3 Å². The Morgan fingerprint density at radius 2 is 1.21 bits per heavy atom. The van der Waals surface area contributed by atoms with Gasteiger partial charge in [0.2, 0.25) is 0 Å². The Morgan fingerprint density at radius 3 is 1.43 bits per heavy atom. The van der Waals surface area contributed by atoms with E-state index in [9.17, 15) is 20.2 Å². The molecule has 0 amide bonds. The van der Waals surface area contributed by atoms with Gasteiger partial charge in [-0.2, -0.15) is 0 Å². The SMILES string of the molecule is C=C.O=[N+]([O-])c1ccccc1[N+](=O)[O-]. The second-order valence-electron chi connectivity index (χ2n) is 2.00. The van der Waals surface area contributed by atoms with Crippen molar-refractivity contribution in [3.05, 3.63) is 57.7 Å². The summed E-state index contributed by atoms with van der Waals surface area (Å²) in [6, 6.07) is 4.95. The summed E-state index contributed by atoms with van der Waals surface area (Å²) in [6.45, 7) is 6.00. The molecule has 0 heterocycles. The smallest absolute Gasteiger partial charge is 0.258 e. The zero-order valence-corrected chi connectivity index (χ0v) is 7.25. The fourth-order valence-corrected chi connectivity index (χ4v) is 0.773. The Kier molecular flexibility index (Phi) is 4.55. The zero-order chi connectivity index (χ0) is 11.1. The van der Waals surface area contributed by atoms with Crippen LogP contribution in [-0.2, 0) is 0 Å². The van der Waals surface area contributed by atoms with Crippen LogP contribution in [0.3, 0.4) is 0 Å². The molecule has 0 radical (unpaired) electrons. The Labute approximate surface area is 79.8 Å². The molecule has 6 heteroatoms. The minimum Gasteiger partial charge on any atom is -0.258 e. The molecule has 1 aromatic carbocycles. The number of rotatable bonds is 2. The van der Waals surface area contributed by atoms with E-state index in [0.717, 1.165) is 12.1 Å². The summed E-state index contributed by atoms with van der Waals surface area (Å²) in [4.78, 5) is 18.9. The molecule has 0 saturated carbocycles. The molecule has 0 spiro atoms. The van der Waals surface area contributed by atoms with E-state index in [1.54, 1.807) is 0 Å². The van der Waals surface area contributed by atoms with Crippen LogP contribution in [0.4, 0.5) is 11.4 Å². The predicted molar refractivity (Wildman–Crippen MR) is 51.0 cm³/mol. The Hall–Kier alpha value is -2.24. The van der Waals surface area contributed by atoms with Gasteiger partial charge in [0, 0.05) is 12.1 Å². The quantitative estimate of drug-likeness (QED) is 0.412. The van der Waals surface area contributed by atoms with Gasteiger partial charge in [0.15, 0.2) is 0 Å². The lowest BCUT2D eigenvalue weighted by molar-refractivity contribution is -0.422. The monoisotopic (exact) mass is 196 g/mol. The average Bonchev–Trinajstić information content (AvgIpc) is 2.20. The Balaban J connectivity index is 0.000000791. The second-order valence-corrected chi connectivity index (χ2v) is 2.00. The lowest BCUT2D eigenvalue weighted by Gasteiger charge is -1.91. The predicted octanol–water partition coefficient (Wildman–Crippen LogP) is 2.31. The van der Waals surface area contributed by atoms with Crippen LogP contribution in [0.2, 0.25) is 0 Å². The van der Waals surface area contributed by atoms with Gasteiger partial charge in [-0.05, 0) is 0 Å². The van der Waals surface area contributed by atoms with E-state index in [0.29, 0.717) is 0 Å². The molecule has 14 heavy (non-hydrogen) atoms. The van der Waals surface area contributed by atoms with Crippen LogP contribution in [0.25, 0.3) is 0 Å². The summed E-state index contributed by atoms with van der Waals surface area (Å²) in [5, 5.41) is 20.5. The summed E-state index contributed by atoms with van der Waals surface area (Å²) in [6.07, 6.45) is 0. The minimum absolute atomic E-state index is 0.484. The highest BCUT2D eigenvalue weighted by Gasteiger charge is 2.21. The highest BCUT2D eigenvalue weighted by Crippen LogP contribution is 2.24. The maximum absolute atomic E-state index is 10.2. The van der Waals surface area contributed by atoms with Crippen molar-refractivity contribution in [2.24, 2.45) is 0 Å². The second kappa shape index (κ2) is 5.41. The summed E-state index contributed by atoms with van der Waals surface area (Å²) in [7, 11) is 0. The summed E-state index contributed by atoms with van der Waals surface area (Å²) < 4.78 is 0. The number of nitro benzene ring substituents is 2. The number of benzene rings is 1. The van der Waals surface area contributed by atoms with E-state index in [2.05, 4.69) is 13.2 Å². The standard InChI is InChI=1S/C6H4N2O4.C2H4/c9-7(10)5-3-1-2-4-6(5)8(11)12;1-2/h1-4H;1-2H2. The minimum atomic E-state index is -0.780. The number of hydrogen-bond acceptors (Lipinski definition) is 4. The Bertz CT molecular complexity index is 318. The van der Waals surface area contributed by atoms with Crippen LogP contribution in [-0.4, -0.2) is 9.85 Å². The van der Waals surface area contributed by atoms with Crippen LogP contribution < -0.4 is 0 Å². The molecule has 1 rings (SSSR count). The molecule has 0 aliphatic heterocycles. The first kappa shape index (κ1) is 11.8. The molecule has 0 bridgehead atoms. The molecule has 0 N–H and O–H groups in total. The molecule has 0 unspecified atom stereocenters. The van der Waals surface area contributed by atoms with Gasteiger partial charge < -0.3 is 0 Å². The summed E-state index contributed by atoms with van der Waals surface area (Å²) in [5.74, 6) is 0. The molecule has 0 atom stereocenters. The number of nitro groups is 2. The lowest BCUT2D eigenvalue weighted by Crippen LogP contribution is -1.95. The first-order valence-corrected chi connectivity index (χ1v) is 3.50. The molecule has 0 aromatic heterocycles. The van der Waals surface area contributed by atoms with Gasteiger partial charge in [-0.25, -0.2) is 0 Å². The largest absolute Gasteiger partial charge is 0.346 e. The number of hydrogen-bond donors (Lipinski definition) is 0. The van der Waals surface area contributed by atoms with Crippen molar-refractivity contribution >= 4 is 11.4 Å². The van der Waals surface area contributed by atoms with Gasteiger partial charge in [0.1, 0.15) is 0 Å². The van der Waals surface area contributed by atoms with E-state index in [4.69, 9.17) is 0 Å². The van der Waals surface area contributed by atoms with Gasteiger partial charge in [-0.1, -0.05) is 12.1 Å². The van der Waals surface area contributed by atoms with Crippen molar-refractivity contribution in [1.82, 2.24) is 0 Å². The van der Waals surface area contributed by atoms with Crippen LogP contribution in [0.1, 0.15) is 0 Å². The van der Waals surface area contributed by atoms with Crippen molar-refractivity contribution in [3.63, 3.8) is 0 Å². The fourth-order valence-electron chi connectivity index (χ4n) is 0.773. The maximum Gasteiger partial charge on any atom is 0.346 e. The van der Waals surface area contributed by atoms with Crippen LogP contribution in [0.15, 0.2) is 37.4 Å². The van der Waals surface area contributed by atoms with Gasteiger partial charge >= 0.3 is 11.4 Å². The fraction of sp³-hybridized carbons (Fsp3) is 0. The van der Waals surface area contributed by atoms with E-state index < -0.39 is 21.2 Å². The highest BCUT2D eigenvalue weighted by molar-refractivity contribution is 5.51. The van der Waals surface area contributed by atoms with Gasteiger partial charge in [0.25, 0.3) is 0 Å². The van der Waals surface area contributed by atoms with E-state index >= 15 is 0 Å². The normalized spacial score (nSPS) is 8.29. The lowest BCUT2D eigenvalue weighted by atomic mass is 10.3. The third-order valence-corrected chi connectivity index (χ3v) is 1.28. The van der Waals surface area contributed by atoms with E-state index in [1.165, 1.54) is 12.1 Å². The summed E-state index contributed by atoms with van der Waals surface area (Å²) in [5.41, 5.74) is -0.968. The maximum atomic E-state index is 10.2. The van der Waals surface area contributed by atoms with Crippen molar-refractivity contribution in [3.8, 4) is 0 Å². The molecule has 0 fully saturated rings. The number of para-hydroxylation sites is 2. The molecule has 0 aliphatic carbocycles. The Morgan fingerprint density at radius 1 is 0.929 bits per heavy atom. The van der Waals surface area contributed by atoms with E-state index in [-0.39, 0.29) is 0 Å². The van der Waals surface area contributed by atoms with Crippen molar-refractivity contribution in [1.29, 1.82) is 0 Å². The average molecular weight is 196 g/mol. The molecule has 0 saturated heterocycles. The molecular formula is C8H8N2O4. The first-order valence-electron chi connectivity index (χ1n) is 3.50. The zero-order valence-electron chi connectivity index (χ0n) is 7.25. The summed E-state index contributed by atoms with van der Waals surface area (Å²) >= 11 is 0. The first-order chi connectivity index (χ1) is 6.63. The van der Waals surface area contributed by atoms with Gasteiger partial charge in [0.05, 0.1) is 9.85 Å². The molecular weight excluding hydrogens is 188 g/mol. The molecule has 0 aliphatic rings.